The van der Waals surface area contributed by atoms with Crippen LogP contribution in [0, 0.1) is 16.7 Å². The van der Waals surface area contributed by atoms with E-state index in [4.69, 9.17) is 15.7 Å². The van der Waals surface area contributed by atoms with E-state index in [-0.39, 0.29) is 22.5 Å². The Labute approximate surface area is 195 Å². The molecule has 0 aliphatic heterocycles. The summed E-state index contributed by atoms with van der Waals surface area (Å²) in [4.78, 5) is 24.5. The summed E-state index contributed by atoms with van der Waals surface area (Å²) in [6.07, 6.45) is 0.715. The van der Waals surface area contributed by atoms with E-state index >= 15 is 0 Å². The molecule has 174 valence electrons. The lowest BCUT2D eigenvalue weighted by Gasteiger charge is -2.13. The van der Waals surface area contributed by atoms with Crippen LogP contribution in [0.1, 0.15) is 31.8 Å². The minimum Gasteiger partial charge on any atom is -0.478 e. The number of carbonyl (C=O) groups is 2. The predicted molar refractivity (Wildman–Crippen MR) is 126 cm³/mol. The van der Waals surface area contributed by atoms with Gasteiger partial charge in [-0.25, -0.2) is 4.79 Å². The first-order valence-corrected chi connectivity index (χ1v) is 11.3. The average molecular weight is 481 g/mol. The van der Waals surface area contributed by atoms with Gasteiger partial charge in [-0.05, 0) is 53.6 Å². The summed E-state index contributed by atoms with van der Waals surface area (Å²) in [5.41, 5.74) is 7.70. The lowest BCUT2D eigenvalue weighted by Crippen LogP contribution is -2.15. The second kappa shape index (κ2) is 10.9. The van der Waals surface area contributed by atoms with E-state index in [1.165, 1.54) is 18.2 Å². The fourth-order valence-electron chi connectivity index (χ4n) is 2.87. The minimum atomic E-state index is -3.67. The number of aromatic carboxylic acids is 1. The molecule has 0 saturated carbocycles. The van der Waals surface area contributed by atoms with Crippen LogP contribution in [0.2, 0.25) is 0 Å². The Kier molecular flexibility index (Phi) is 8.22. The number of carbonyl (C=O) groups excluding carboxylic acids is 1. The standard InChI is InChI=1S/C22H16N4O3.CH4O3S/c23-12-13-5-10-17(16-3-1-2-4-18(16)22(28)29)19(11-13)21(27)26-15-8-6-14(7-9-15)20(24)25;1-5(2,3)4/h1-11H,(H3,24,25)(H,26,27)(H,28,29);1H3,(H,2,3,4). The third kappa shape index (κ3) is 7.27. The molecule has 0 bridgehead atoms. The van der Waals surface area contributed by atoms with Crippen molar-refractivity contribution in [3.63, 3.8) is 0 Å². The zero-order chi connectivity index (χ0) is 25.5. The predicted octanol–water partition coefficient (Wildman–Crippen LogP) is 2.96. The van der Waals surface area contributed by atoms with Gasteiger partial charge in [-0.15, -0.1) is 0 Å². The SMILES string of the molecule is CS(=O)(=O)O.N#Cc1ccc(-c2ccccc2C(=O)O)c(C(=O)Nc2ccc(C(=N)N)cc2)c1. The van der Waals surface area contributed by atoms with Crippen LogP contribution in [0.15, 0.2) is 66.7 Å². The highest BCUT2D eigenvalue weighted by atomic mass is 32.2. The molecule has 0 aromatic heterocycles. The van der Waals surface area contributed by atoms with Crippen molar-refractivity contribution in [2.45, 2.75) is 0 Å². The number of benzene rings is 3. The van der Waals surface area contributed by atoms with Crippen LogP contribution in [0.5, 0.6) is 0 Å². The zero-order valence-electron chi connectivity index (χ0n) is 17.8. The molecule has 0 saturated heterocycles. The second-order valence-electron chi connectivity index (χ2n) is 6.90. The summed E-state index contributed by atoms with van der Waals surface area (Å²) in [5, 5.41) is 28.8. The quantitative estimate of drug-likeness (QED) is 0.209. The average Bonchev–Trinajstić information content (AvgIpc) is 2.77. The molecule has 10 nitrogen and oxygen atoms in total. The summed E-state index contributed by atoms with van der Waals surface area (Å²) < 4.78 is 25.9. The maximum absolute atomic E-state index is 12.9. The summed E-state index contributed by atoms with van der Waals surface area (Å²) in [5.74, 6) is -1.69. The maximum Gasteiger partial charge on any atom is 0.336 e. The molecular weight excluding hydrogens is 460 g/mol. The van der Waals surface area contributed by atoms with Crippen LogP contribution < -0.4 is 11.1 Å². The number of hydrogen-bond donors (Lipinski definition) is 5. The molecule has 0 spiro atoms. The van der Waals surface area contributed by atoms with E-state index in [0.29, 0.717) is 28.6 Å². The van der Waals surface area contributed by atoms with Crippen molar-refractivity contribution in [1.82, 2.24) is 0 Å². The number of anilines is 1. The van der Waals surface area contributed by atoms with Crippen molar-refractivity contribution in [3.8, 4) is 17.2 Å². The first-order valence-electron chi connectivity index (χ1n) is 9.46. The van der Waals surface area contributed by atoms with E-state index < -0.39 is 22.0 Å². The molecular formula is C23H20N4O6S. The zero-order valence-corrected chi connectivity index (χ0v) is 18.6. The Morgan fingerprint density at radius 3 is 2.09 bits per heavy atom. The fourth-order valence-corrected chi connectivity index (χ4v) is 2.87. The van der Waals surface area contributed by atoms with Gasteiger partial charge in [-0.2, -0.15) is 13.7 Å². The van der Waals surface area contributed by atoms with E-state index in [1.54, 1.807) is 48.5 Å². The Hall–Kier alpha value is -4.53. The lowest BCUT2D eigenvalue weighted by atomic mass is 9.93. The van der Waals surface area contributed by atoms with Crippen LogP contribution in [-0.4, -0.2) is 42.0 Å². The molecule has 0 radical (unpaired) electrons. The lowest BCUT2D eigenvalue weighted by molar-refractivity contribution is 0.0697. The molecule has 0 aliphatic carbocycles. The molecule has 11 heteroatoms. The van der Waals surface area contributed by atoms with Crippen molar-refractivity contribution >= 4 is 33.5 Å². The molecule has 0 aliphatic rings. The van der Waals surface area contributed by atoms with Crippen LogP contribution in [0.3, 0.4) is 0 Å². The van der Waals surface area contributed by atoms with Gasteiger partial charge in [-0.1, -0.05) is 24.3 Å². The summed E-state index contributed by atoms with van der Waals surface area (Å²) >= 11 is 0. The van der Waals surface area contributed by atoms with Gasteiger partial charge in [-0.3, -0.25) is 14.8 Å². The van der Waals surface area contributed by atoms with Gasteiger partial charge in [0.15, 0.2) is 0 Å². The normalized spacial score (nSPS) is 10.3. The number of carboxylic acid groups (broad SMARTS) is 1. The molecule has 3 aromatic rings. The third-order valence-corrected chi connectivity index (χ3v) is 4.29. The van der Waals surface area contributed by atoms with Gasteiger partial charge in [0, 0.05) is 16.8 Å². The van der Waals surface area contributed by atoms with Crippen LogP contribution >= 0.6 is 0 Å². The smallest absolute Gasteiger partial charge is 0.336 e. The first kappa shape index (κ1) is 25.7. The Morgan fingerprint density at radius 1 is 1.00 bits per heavy atom. The number of carboxylic acids is 1. The van der Waals surface area contributed by atoms with Crippen molar-refractivity contribution < 1.29 is 27.7 Å². The van der Waals surface area contributed by atoms with E-state index in [0.717, 1.165) is 0 Å². The monoisotopic (exact) mass is 480 g/mol. The second-order valence-corrected chi connectivity index (χ2v) is 8.37. The topological polar surface area (TPSA) is 194 Å². The van der Waals surface area contributed by atoms with Gasteiger partial charge in [0.25, 0.3) is 16.0 Å². The van der Waals surface area contributed by atoms with E-state index in [9.17, 15) is 28.4 Å². The highest BCUT2D eigenvalue weighted by Gasteiger charge is 2.19. The highest BCUT2D eigenvalue weighted by molar-refractivity contribution is 7.85. The molecule has 3 rings (SSSR count). The van der Waals surface area contributed by atoms with Crippen molar-refractivity contribution in [3.05, 3.63) is 89.0 Å². The number of amides is 1. The molecule has 0 atom stereocenters. The summed E-state index contributed by atoms with van der Waals surface area (Å²) in [6.45, 7) is 0. The Balaban J connectivity index is 0.000000739. The highest BCUT2D eigenvalue weighted by Crippen LogP contribution is 2.29. The number of hydrogen-bond acceptors (Lipinski definition) is 6. The third-order valence-electron chi connectivity index (χ3n) is 4.29. The Morgan fingerprint density at radius 2 is 1.56 bits per heavy atom. The molecule has 0 fully saturated rings. The van der Waals surface area contributed by atoms with E-state index in [1.807, 2.05) is 6.07 Å². The van der Waals surface area contributed by atoms with Gasteiger partial charge in [0.1, 0.15) is 5.84 Å². The number of nitrogens with one attached hydrogen (secondary N) is 2. The van der Waals surface area contributed by atoms with Gasteiger partial charge in [0.05, 0.1) is 23.5 Å². The summed E-state index contributed by atoms with van der Waals surface area (Å²) in [7, 11) is -3.67. The molecule has 3 aromatic carbocycles. The largest absolute Gasteiger partial charge is 0.478 e. The molecule has 0 unspecified atom stereocenters. The van der Waals surface area contributed by atoms with Crippen LogP contribution in [0.25, 0.3) is 11.1 Å². The number of nitrogens with zero attached hydrogens (tertiary/aromatic N) is 1. The number of nitriles is 1. The number of amidine groups is 1. The molecule has 34 heavy (non-hydrogen) atoms. The van der Waals surface area contributed by atoms with Gasteiger partial charge >= 0.3 is 5.97 Å². The maximum atomic E-state index is 12.9. The van der Waals surface area contributed by atoms with Gasteiger partial charge < -0.3 is 16.2 Å². The summed E-state index contributed by atoms with van der Waals surface area (Å²) in [6, 6.07) is 19.3. The minimum absolute atomic E-state index is 0.0528. The van der Waals surface area contributed by atoms with Gasteiger partial charge in [0.2, 0.25) is 0 Å². The molecule has 1 amide bonds. The number of nitrogens with two attached hydrogens (primary N) is 1. The van der Waals surface area contributed by atoms with Crippen molar-refractivity contribution in [1.29, 1.82) is 10.7 Å². The van der Waals surface area contributed by atoms with Crippen LogP contribution in [-0.2, 0) is 10.1 Å². The Bertz CT molecular complexity index is 1390. The fraction of sp³-hybridized carbons (Fsp3) is 0.0435. The van der Waals surface area contributed by atoms with Crippen molar-refractivity contribution in [2.24, 2.45) is 5.73 Å². The number of nitrogen functional groups attached to an aromatic ring is 1. The van der Waals surface area contributed by atoms with Crippen molar-refractivity contribution in [2.75, 3.05) is 11.6 Å². The first-order chi connectivity index (χ1) is 15.9. The van der Waals surface area contributed by atoms with E-state index in [2.05, 4.69) is 5.32 Å². The van der Waals surface area contributed by atoms with Crippen LogP contribution in [0.4, 0.5) is 5.69 Å². The molecule has 6 N–H and O–H groups in total. The molecule has 0 heterocycles. The number of rotatable bonds is 5.